The minimum atomic E-state index is -0.533. The summed E-state index contributed by atoms with van der Waals surface area (Å²) >= 11 is 1.68. The number of methoxy groups -OCH3 is 1. The monoisotopic (exact) mass is 285 g/mol. The molecule has 1 aromatic carbocycles. The van der Waals surface area contributed by atoms with Gasteiger partial charge in [-0.1, -0.05) is 12.1 Å². The van der Waals surface area contributed by atoms with Gasteiger partial charge >= 0.3 is 0 Å². The van der Waals surface area contributed by atoms with Crippen LogP contribution < -0.4 is 5.32 Å². The third kappa shape index (κ3) is 6.29. The summed E-state index contributed by atoms with van der Waals surface area (Å²) in [4.78, 5) is 1.17. The molecule has 1 aromatic rings. The van der Waals surface area contributed by atoms with Gasteiger partial charge in [0.05, 0.1) is 25.4 Å². The van der Waals surface area contributed by atoms with Gasteiger partial charge in [0.1, 0.15) is 0 Å². The van der Waals surface area contributed by atoms with Crippen LogP contribution in [0.5, 0.6) is 0 Å². The Balaban J connectivity index is 2.31. The summed E-state index contributed by atoms with van der Waals surface area (Å²) in [7, 11) is 1.64. The molecule has 0 aliphatic rings. The molecule has 0 amide bonds. The Morgan fingerprint density at radius 1 is 1.32 bits per heavy atom. The minimum absolute atomic E-state index is 0.00173. The van der Waals surface area contributed by atoms with Crippen LogP contribution in [0.15, 0.2) is 29.2 Å². The SMILES string of the molecule is COCC(C)OCC(O)CNc1ccccc1SC. The summed E-state index contributed by atoms with van der Waals surface area (Å²) in [5, 5.41) is 13.1. The van der Waals surface area contributed by atoms with E-state index >= 15 is 0 Å². The molecule has 2 N–H and O–H groups in total. The quantitative estimate of drug-likeness (QED) is 0.681. The molecule has 0 aromatic heterocycles. The summed E-state index contributed by atoms with van der Waals surface area (Å²) in [6, 6.07) is 8.04. The second-order valence-electron chi connectivity index (χ2n) is 4.33. The van der Waals surface area contributed by atoms with Crippen LogP contribution in [0.25, 0.3) is 0 Å². The van der Waals surface area contributed by atoms with Crippen LogP contribution in [-0.2, 0) is 9.47 Å². The number of anilines is 1. The van der Waals surface area contributed by atoms with Crippen molar-refractivity contribution in [3.63, 3.8) is 0 Å². The molecule has 0 aliphatic heterocycles. The maximum absolute atomic E-state index is 9.86. The standard InChI is InChI=1S/C14H23NO3S/c1-11(9-17-2)18-10-12(16)8-15-13-6-4-5-7-14(13)19-3/h4-7,11-12,15-16H,8-10H2,1-3H3. The van der Waals surface area contributed by atoms with Gasteiger partial charge < -0.3 is 19.9 Å². The van der Waals surface area contributed by atoms with E-state index in [1.165, 1.54) is 4.90 Å². The van der Waals surface area contributed by atoms with Gasteiger partial charge in [-0.15, -0.1) is 11.8 Å². The highest BCUT2D eigenvalue weighted by molar-refractivity contribution is 7.98. The van der Waals surface area contributed by atoms with Crippen molar-refractivity contribution in [3.05, 3.63) is 24.3 Å². The van der Waals surface area contributed by atoms with Gasteiger partial charge in [-0.05, 0) is 25.3 Å². The number of hydrogen-bond acceptors (Lipinski definition) is 5. The molecule has 0 saturated carbocycles. The molecule has 1 rings (SSSR count). The topological polar surface area (TPSA) is 50.7 Å². The summed E-state index contributed by atoms with van der Waals surface area (Å²) in [6.45, 7) is 3.23. The van der Waals surface area contributed by atoms with Crippen LogP contribution in [0, 0.1) is 0 Å². The van der Waals surface area contributed by atoms with E-state index in [1.807, 2.05) is 31.4 Å². The third-order valence-electron chi connectivity index (χ3n) is 2.61. The first-order valence-corrected chi connectivity index (χ1v) is 7.55. The first kappa shape index (κ1) is 16.3. The van der Waals surface area contributed by atoms with Gasteiger partial charge in [-0.25, -0.2) is 0 Å². The van der Waals surface area contributed by atoms with Crippen molar-refractivity contribution in [1.29, 1.82) is 0 Å². The van der Waals surface area contributed by atoms with E-state index in [1.54, 1.807) is 18.9 Å². The molecule has 19 heavy (non-hydrogen) atoms. The van der Waals surface area contributed by atoms with Crippen molar-refractivity contribution < 1.29 is 14.6 Å². The van der Waals surface area contributed by atoms with E-state index in [-0.39, 0.29) is 6.10 Å². The summed E-state index contributed by atoms with van der Waals surface area (Å²) in [6.07, 6.45) is 1.50. The van der Waals surface area contributed by atoms with Gasteiger partial charge in [-0.3, -0.25) is 0 Å². The molecule has 0 spiro atoms. The molecule has 2 atom stereocenters. The lowest BCUT2D eigenvalue weighted by Crippen LogP contribution is -2.28. The highest BCUT2D eigenvalue weighted by atomic mass is 32.2. The van der Waals surface area contributed by atoms with E-state index in [9.17, 15) is 5.11 Å². The molecule has 0 heterocycles. The Hall–Kier alpha value is -0.750. The van der Waals surface area contributed by atoms with Crippen molar-refractivity contribution in [2.24, 2.45) is 0 Å². The van der Waals surface area contributed by atoms with Gasteiger partial charge in [0.2, 0.25) is 0 Å². The molecule has 0 aliphatic carbocycles. The zero-order valence-corrected chi connectivity index (χ0v) is 12.6. The predicted octanol–water partition coefficient (Wildman–Crippen LogP) is 2.23. The Kier molecular flexibility index (Phi) is 7.90. The number of thioether (sulfide) groups is 1. The maximum Gasteiger partial charge on any atom is 0.0945 e. The molecule has 108 valence electrons. The number of para-hydroxylation sites is 1. The number of ether oxygens (including phenoxy) is 2. The smallest absolute Gasteiger partial charge is 0.0945 e. The Bertz CT molecular complexity index is 362. The largest absolute Gasteiger partial charge is 0.389 e. The maximum atomic E-state index is 9.86. The van der Waals surface area contributed by atoms with E-state index in [0.29, 0.717) is 19.8 Å². The van der Waals surface area contributed by atoms with Crippen molar-refractivity contribution in [3.8, 4) is 0 Å². The van der Waals surface area contributed by atoms with Crippen molar-refractivity contribution in [1.82, 2.24) is 0 Å². The summed E-state index contributed by atoms with van der Waals surface area (Å²) < 4.78 is 10.4. The second-order valence-corrected chi connectivity index (χ2v) is 5.18. The fraction of sp³-hybridized carbons (Fsp3) is 0.571. The number of benzene rings is 1. The number of hydrogen-bond donors (Lipinski definition) is 2. The van der Waals surface area contributed by atoms with Crippen LogP contribution in [0.3, 0.4) is 0 Å². The number of nitrogens with one attached hydrogen (secondary N) is 1. The van der Waals surface area contributed by atoms with Crippen molar-refractivity contribution in [2.75, 3.05) is 38.4 Å². The minimum Gasteiger partial charge on any atom is -0.389 e. The fourth-order valence-electron chi connectivity index (χ4n) is 1.64. The summed E-state index contributed by atoms with van der Waals surface area (Å²) in [5.74, 6) is 0. The van der Waals surface area contributed by atoms with E-state index < -0.39 is 6.10 Å². The Labute approximate surface area is 119 Å². The average Bonchev–Trinajstić information content (AvgIpc) is 2.43. The van der Waals surface area contributed by atoms with Crippen molar-refractivity contribution in [2.45, 2.75) is 24.0 Å². The lowest BCUT2D eigenvalue weighted by molar-refractivity contribution is -0.0282. The highest BCUT2D eigenvalue weighted by Gasteiger charge is 2.09. The average molecular weight is 285 g/mol. The Morgan fingerprint density at radius 2 is 2.05 bits per heavy atom. The number of aliphatic hydroxyl groups is 1. The zero-order chi connectivity index (χ0) is 14.1. The van der Waals surface area contributed by atoms with Crippen LogP contribution in [0.2, 0.25) is 0 Å². The van der Waals surface area contributed by atoms with Crippen LogP contribution in [-0.4, -0.2) is 50.4 Å². The molecule has 0 bridgehead atoms. The van der Waals surface area contributed by atoms with E-state index in [2.05, 4.69) is 11.4 Å². The van der Waals surface area contributed by atoms with Gasteiger partial charge in [-0.2, -0.15) is 0 Å². The van der Waals surface area contributed by atoms with Gasteiger partial charge in [0, 0.05) is 24.2 Å². The van der Waals surface area contributed by atoms with E-state index in [4.69, 9.17) is 9.47 Å². The fourth-order valence-corrected chi connectivity index (χ4v) is 2.21. The number of rotatable bonds is 9. The molecular formula is C14H23NO3S. The molecular weight excluding hydrogens is 262 g/mol. The number of aliphatic hydroxyl groups excluding tert-OH is 1. The predicted molar refractivity (Wildman–Crippen MR) is 80.0 cm³/mol. The normalized spacial score (nSPS) is 14.1. The molecule has 5 heteroatoms. The summed E-state index contributed by atoms with van der Waals surface area (Å²) in [5.41, 5.74) is 1.04. The van der Waals surface area contributed by atoms with Gasteiger partial charge in [0.15, 0.2) is 0 Å². The second kappa shape index (κ2) is 9.20. The highest BCUT2D eigenvalue weighted by Crippen LogP contribution is 2.24. The molecule has 2 unspecified atom stereocenters. The zero-order valence-electron chi connectivity index (χ0n) is 11.8. The Morgan fingerprint density at radius 3 is 2.74 bits per heavy atom. The molecule has 0 radical (unpaired) electrons. The van der Waals surface area contributed by atoms with E-state index in [0.717, 1.165) is 5.69 Å². The lowest BCUT2D eigenvalue weighted by Gasteiger charge is -2.17. The van der Waals surface area contributed by atoms with Crippen LogP contribution >= 0.6 is 11.8 Å². The van der Waals surface area contributed by atoms with Crippen LogP contribution in [0.1, 0.15) is 6.92 Å². The lowest BCUT2D eigenvalue weighted by atomic mass is 10.3. The molecule has 4 nitrogen and oxygen atoms in total. The molecule has 0 fully saturated rings. The van der Waals surface area contributed by atoms with Gasteiger partial charge in [0.25, 0.3) is 0 Å². The van der Waals surface area contributed by atoms with Crippen molar-refractivity contribution >= 4 is 17.4 Å². The third-order valence-corrected chi connectivity index (χ3v) is 3.41. The van der Waals surface area contributed by atoms with Crippen LogP contribution in [0.4, 0.5) is 5.69 Å². The first-order valence-electron chi connectivity index (χ1n) is 6.32. The molecule has 0 saturated heterocycles. The first-order chi connectivity index (χ1) is 9.17.